The van der Waals surface area contributed by atoms with Crippen LogP contribution in [0.15, 0.2) is 54.6 Å². The molecule has 3 rings (SSSR count). The molecule has 2 aromatic rings. The van der Waals surface area contributed by atoms with Crippen LogP contribution in [0.25, 0.3) is 0 Å². The van der Waals surface area contributed by atoms with E-state index in [4.69, 9.17) is 4.74 Å². The molecule has 0 radical (unpaired) electrons. The molecule has 3 heteroatoms. The molecule has 0 unspecified atom stereocenters. The molecule has 1 aliphatic heterocycles. The van der Waals surface area contributed by atoms with E-state index in [1.807, 2.05) is 18.2 Å². The lowest BCUT2D eigenvalue weighted by molar-refractivity contribution is -0.0169. The van der Waals surface area contributed by atoms with Crippen LogP contribution in [0, 0.1) is 6.92 Å². The van der Waals surface area contributed by atoms with Gasteiger partial charge in [0, 0.05) is 12.6 Å². The van der Waals surface area contributed by atoms with Crippen molar-refractivity contribution < 1.29 is 9.84 Å². The number of likely N-dealkylation sites (tertiary alicyclic amines) is 1. The zero-order valence-electron chi connectivity index (χ0n) is 16.0. The number of aryl methyl sites for hydroxylation is 1. The summed E-state index contributed by atoms with van der Waals surface area (Å²) in [5, 5.41) is 10.5. The van der Waals surface area contributed by atoms with Crippen molar-refractivity contribution in [3.8, 4) is 0 Å². The molecular formula is C23H31NO2. The first kappa shape index (κ1) is 19.1. The number of piperidine rings is 1. The highest BCUT2D eigenvalue weighted by Crippen LogP contribution is 2.26. The van der Waals surface area contributed by atoms with E-state index in [2.05, 4.69) is 55.1 Å². The monoisotopic (exact) mass is 353 g/mol. The normalized spacial score (nSPS) is 20.7. The molecule has 1 heterocycles. The second-order valence-corrected chi connectivity index (χ2v) is 7.53. The van der Waals surface area contributed by atoms with Crippen LogP contribution in [0.4, 0.5) is 0 Å². The molecule has 1 aliphatic rings. The molecule has 26 heavy (non-hydrogen) atoms. The number of nitrogens with zero attached hydrogens (tertiary/aromatic N) is 1. The number of benzene rings is 2. The maximum atomic E-state index is 10.5. The molecule has 1 N–H and O–H groups in total. The number of rotatable bonds is 7. The summed E-state index contributed by atoms with van der Waals surface area (Å²) in [6, 6.07) is 19.3. The third kappa shape index (κ3) is 5.16. The molecule has 1 fully saturated rings. The minimum atomic E-state index is -0.466. The van der Waals surface area contributed by atoms with Gasteiger partial charge in [0.1, 0.15) is 6.10 Å². The average Bonchev–Trinajstić information content (AvgIpc) is 2.66. The first-order valence-electron chi connectivity index (χ1n) is 9.78. The highest BCUT2D eigenvalue weighted by Gasteiger charge is 2.22. The van der Waals surface area contributed by atoms with Crippen LogP contribution >= 0.6 is 0 Å². The molecule has 2 aromatic carbocycles. The van der Waals surface area contributed by atoms with E-state index < -0.39 is 6.10 Å². The van der Waals surface area contributed by atoms with Crippen molar-refractivity contribution in [3.05, 3.63) is 71.3 Å². The maximum Gasteiger partial charge on any atom is 0.108 e. The zero-order chi connectivity index (χ0) is 18.4. The van der Waals surface area contributed by atoms with E-state index >= 15 is 0 Å². The zero-order valence-corrected chi connectivity index (χ0v) is 16.0. The largest absolute Gasteiger partial charge is 0.389 e. The summed E-state index contributed by atoms with van der Waals surface area (Å²) < 4.78 is 6.22. The smallest absolute Gasteiger partial charge is 0.108 e. The fraction of sp³-hybridized carbons (Fsp3) is 0.478. The van der Waals surface area contributed by atoms with Gasteiger partial charge >= 0.3 is 0 Å². The summed E-state index contributed by atoms with van der Waals surface area (Å²) in [6.45, 7) is 6.46. The topological polar surface area (TPSA) is 32.7 Å². The molecule has 3 atom stereocenters. The van der Waals surface area contributed by atoms with Crippen LogP contribution in [-0.4, -0.2) is 41.8 Å². The fourth-order valence-electron chi connectivity index (χ4n) is 3.71. The Kier molecular flexibility index (Phi) is 6.84. The highest BCUT2D eigenvalue weighted by molar-refractivity contribution is 5.31. The van der Waals surface area contributed by atoms with E-state index in [0.717, 1.165) is 17.7 Å². The predicted octanol–water partition coefficient (Wildman–Crippen LogP) is 4.34. The van der Waals surface area contributed by atoms with Gasteiger partial charge in [-0.2, -0.15) is 0 Å². The Hall–Kier alpha value is -1.68. The van der Waals surface area contributed by atoms with Crippen molar-refractivity contribution in [1.29, 1.82) is 0 Å². The molecule has 0 aromatic heterocycles. The van der Waals surface area contributed by atoms with E-state index in [1.54, 1.807) is 0 Å². The lowest BCUT2D eigenvalue weighted by Gasteiger charge is -2.34. The van der Waals surface area contributed by atoms with Crippen molar-refractivity contribution in [3.63, 3.8) is 0 Å². The third-order valence-corrected chi connectivity index (χ3v) is 5.32. The van der Waals surface area contributed by atoms with E-state index in [0.29, 0.717) is 19.2 Å². The maximum absolute atomic E-state index is 10.5. The molecule has 1 saturated heterocycles. The molecule has 0 spiro atoms. The van der Waals surface area contributed by atoms with Gasteiger partial charge in [-0.1, -0.05) is 66.6 Å². The van der Waals surface area contributed by atoms with Gasteiger partial charge in [0.25, 0.3) is 0 Å². The summed E-state index contributed by atoms with van der Waals surface area (Å²) in [4.78, 5) is 2.39. The molecule has 140 valence electrons. The first-order chi connectivity index (χ1) is 12.6. The van der Waals surface area contributed by atoms with Crippen molar-refractivity contribution in [2.75, 3.05) is 19.7 Å². The molecule has 0 amide bonds. The molecule has 3 nitrogen and oxygen atoms in total. The van der Waals surface area contributed by atoms with Gasteiger partial charge in [0.15, 0.2) is 0 Å². The van der Waals surface area contributed by atoms with Crippen LogP contribution < -0.4 is 0 Å². The first-order valence-corrected chi connectivity index (χ1v) is 9.78. The van der Waals surface area contributed by atoms with Crippen LogP contribution in [0.3, 0.4) is 0 Å². The minimum Gasteiger partial charge on any atom is -0.389 e. The van der Waals surface area contributed by atoms with Crippen LogP contribution in [0.2, 0.25) is 0 Å². The number of β-amino-alcohol motifs (C(OH)–C–C–N with tert-alkyl or cyclic N) is 1. The van der Waals surface area contributed by atoms with Gasteiger partial charge in [-0.25, -0.2) is 0 Å². The Bertz CT molecular complexity index is 656. The third-order valence-electron chi connectivity index (χ3n) is 5.32. The average molecular weight is 354 g/mol. The van der Waals surface area contributed by atoms with Gasteiger partial charge in [0.05, 0.1) is 12.7 Å². The Labute approximate surface area is 157 Å². The van der Waals surface area contributed by atoms with Crippen molar-refractivity contribution in [1.82, 2.24) is 4.90 Å². The number of aliphatic hydroxyl groups is 1. The summed E-state index contributed by atoms with van der Waals surface area (Å²) in [6.07, 6.45) is 3.14. The minimum absolute atomic E-state index is 0.148. The summed E-state index contributed by atoms with van der Waals surface area (Å²) in [7, 11) is 0. The molecule has 0 saturated carbocycles. The van der Waals surface area contributed by atoms with Gasteiger partial charge in [-0.3, -0.25) is 4.90 Å². The number of aliphatic hydroxyl groups excluding tert-OH is 1. The molecular weight excluding hydrogens is 322 g/mol. The lowest BCUT2D eigenvalue weighted by Crippen LogP contribution is -2.43. The van der Waals surface area contributed by atoms with Crippen LogP contribution in [0.5, 0.6) is 0 Å². The Morgan fingerprint density at radius 3 is 2.42 bits per heavy atom. The number of hydrogen-bond donors (Lipinski definition) is 1. The van der Waals surface area contributed by atoms with Crippen LogP contribution in [-0.2, 0) is 4.74 Å². The van der Waals surface area contributed by atoms with Gasteiger partial charge in [-0.05, 0) is 44.4 Å². The Morgan fingerprint density at radius 2 is 1.73 bits per heavy atom. The molecule has 0 bridgehead atoms. The van der Waals surface area contributed by atoms with Crippen molar-refractivity contribution >= 4 is 0 Å². The second-order valence-electron chi connectivity index (χ2n) is 7.53. The molecule has 0 aliphatic carbocycles. The van der Waals surface area contributed by atoms with Gasteiger partial charge in [-0.15, -0.1) is 0 Å². The quantitative estimate of drug-likeness (QED) is 0.804. The lowest BCUT2D eigenvalue weighted by atomic mass is 10.0. The number of ether oxygens (including phenoxy) is 1. The summed E-state index contributed by atoms with van der Waals surface area (Å²) in [5.74, 6) is 0. The van der Waals surface area contributed by atoms with E-state index in [9.17, 15) is 5.11 Å². The van der Waals surface area contributed by atoms with Gasteiger partial charge in [0.2, 0.25) is 0 Å². The second kappa shape index (κ2) is 9.31. The number of hydrogen-bond acceptors (Lipinski definition) is 3. The SMILES string of the molecule is Cc1ccc([C@H](OC[C@H](O)CN2CCCC[C@H]2C)c2ccccc2)cc1. The van der Waals surface area contributed by atoms with Crippen molar-refractivity contribution in [2.24, 2.45) is 0 Å². The van der Waals surface area contributed by atoms with E-state index in [-0.39, 0.29) is 6.10 Å². The standard InChI is InChI=1S/C23H31NO2/c1-18-11-13-21(14-12-18)23(20-9-4-3-5-10-20)26-17-22(25)16-24-15-7-6-8-19(24)2/h3-5,9-14,19,22-23,25H,6-8,15-17H2,1-2H3/t19-,22-,23-/m1/s1. The predicted molar refractivity (Wildman–Crippen MR) is 106 cm³/mol. The Balaban J connectivity index is 1.65. The van der Waals surface area contributed by atoms with E-state index in [1.165, 1.54) is 24.8 Å². The summed E-state index contributed by atoms with van der Waals surface area (Å²) >= 11 is 0. The highest BCUT2D eigenvalue weighted by atomic mass is 16.5. The fourth-order valence-corrected chi connectivity index (χ4v) is 3.71. The summed E-state index contributed by atoms with van der Waals surface area (Å²) in [5.41, 5.74) is 3.48. The Morgan fingerprint density at radius 1 is 1.04 bits per heavy atom. The van der Waals surface area contributed by atoms with Crippen molar-refractivity contribution in [2.45, 2.75) is 51.4 Å². The van der Waals surface area contributed by atoms with Gasteiger partial charge < -0.3 is 9.84 Å². The van der Waals surface area contributed by atoms with Crippen LogP contribution in [0.1, 0.15) is 49.0 Å².